The first kappa shape index (κ1) is 13.7. The molecule has 0 aromatic carbocycles. The lowest BCUT2D eigenvalue weighted by molar-refractivity contribution is 0.421. The van der Waals surface area contributed by atoms with E-state index in [-0.39, 0.29) is 5.54 Å². The van der Waals surface area contributed by atoms with Crippen molar-refractivity contribution in [1.29, 1.82) is 0 Å². The van der Waals surface area contributed by atoms with E-state index in [2.05, 4.69) is 26.1 Å². The van der Waals surface area contributed by atoms with Crippen molar-refractivity contribution in [3.05, 3.63) is 24.2 Å². The Bertz CT molecular complexity index is 264. The molecule has 1 aromatic heterocycles. The molecule has 0 aliphatic heterocycles. The molecule has 0 atom stereocenters. The molecule has 1 rings (SSSR count). The average molecular weight is 241 g/mol. The largest absolute Gasteiger partial charge is 0.468 e. The van der Waals surface area contributed by atoms with Crippen molar-refractivity contribution in [1.82, 2.24) is 5.32 Å². The molecule has 0 saturated heterocycles. The van der Waals surface area contributed by atoms with Gasteiger partial charge in [-0.2, -0.15) is 11.8 Å². The molecule has 0 fully saturated rings. The minimum atomic E-state index is 0.251. The van der Waals surface area contributed by atoms with Crippen molar-refractivity contribution >= 4 is 11.8 Å². The Morgan fingerprint density at radius 3 is 2.75 bits per heavy atom. The van der Waals surface area contributed by atoms with E-state index in [1.165, 1.54) is 18.6 Å². The third-order valence-electron chi connectivity index (χ3n) is 2.20. The maximum atomic E-state index is 5.27. The fourth-order valence-electron chi connectivity index (χ4n) is 1.36. The molecule has 0 saturated carbocycles. The Kier molecular flexibility index (Phi) is 5.99. The molecule has 0 aliphatic rings. The summed E-state index contributed by atoms with van der Waals surface area (Å²) in [4.78, 5) is 0. The number of furan rings is 1. The molecule has 0 radical (unpaired) electrons. The van der Waals surface area contributed by atoms with Crippen LogP contribution in [0.25, 0.3) is 0 Å². The summed E-state index contributed by atoms with van der Waals surface area (Å²) in [6.45, 7) is 7.74. The van der Waals surface area contributed by atoms with Gasteiger partial charge < -0.3 is 9.73 Å². The number of hydrogen-bond donors (Lipinski definition) is 1. The second-order valence-corrected chi connectivity index (χ2v) is 6.12. The normalized spacial score (nSPS) is 11.9. The zero-order valence-corrected chi connectivity index (χ0v) is 11.4. The number of nitrogens with one attached hydrogen (secondary N) is 1. The Balaban J connectivity index is 1.89. The lowest BCUT2D eigenvalue weighted by Gasteiger charge is -2.20. The lowest BCUT2D eigenvalue weighted by atomic mass is 10.1. The van der Waals surface area contributed by atoms with Gasteiger partial charge in [0.25, 0.3) is 0 Å². The molecule has 0 amide bonds. The van der Waals surface area contributed by atoms with Crippen LogP contribution in [0.1, 0.15) is 39.4 Å². The lowest BCUT2D eigenvalue weighted by Crippen LogP contribution is -2.36. The van der Waals surface area contributed by atoms with E-state index in [0.29, 0.717) is 0 Å². The molecule has 1 aromatic rings. The topological polar surface area (TPSA) is 25.2 Å². The van der Waals surface area contributed by atoms with Gasteiger partial charge in [0.2, 0.25) is 0 Å². The minimum absolute atomic E-state index is 0.251. The highest BCUT2D eigenvalue weighted by molar-refractivity contribution is 7.98. The molecule has 0 spiro atoms. The van der Waals surface area contributed by atoms with Crippen LogP contribution >= 0.6 is 11.8 Å². The third-order valence-corrected chi connectivity index (χ3v) is 3.26. The Labute approximate surface area is 103 Å². The van der Waals surface area contributed by atoms with Gasteiger partial charge in [0.1, 0.15) is 5.76 Å². The van der Waals surface area contributed by atoms with Gasteiger partial charge in [-0.1, -0.05) is 0 Å². The number of thioether (sulfide) groups is 1. The molecule has 0 aliphatic carbocycles. The average Bonchev–Trinajstić information content (AvgIpc) is 2.67. The predicted molar refractivity (Wildman–Crippen MR) is 71.9 cm³/mol. The highest BCUT2D eigenvalue weighted by atomic mass is 32.2. The van der Waals surface area contributed by atoms with Crippen molar-refractivity contribution < 1.29 is 4.42 Å². The molecule has 1 N–H and O–H groups in total. The van der Waals surface area contributed by atoms with Crippen LogP contribution in [-0.2, 0) is 5.75 Å². The number of unbranched alkanes of at least 4 members (excludes halogenated alkanes) is 1. The summed E-state index contributed by atoms with van der Waals surface area (Å²) in [5.74, 6) is 3.30. The summed E-state index contributed by atoms with van der Waals surface area (Å²) in [7, 11) is 0. The van der Waals surface area contributed by atoms with E-state index in [9.17, 15) is 0 Å². The van der Waals surface area contributed by atoms with Gasteiger partial charge in [-0.25, -0.2) is 0 Å². The Hall–Kier alpha value is -0.410. The molecule has 16 heavy (non-hydrogen) atoms. The van der Waals surface area contributed by atoms with Crippen LogP contribution in [-0.4, -0.2) is 17.8 Å². The van der Waals surface area contributed by atoms with E-state index in [1.54, 1.807) is 6.26 Å². The summed E-state index contributed by atoms with van der Waals surface area (Å²) in [5, 5.41) is 3.50. The van der Waals surface area contributed by atoms with Gasteiger partial charge in [0, 0.05) is 5.54 Å². The van der Waals surface area contributed by atoms with Crippen LogP contribution in [0.4, 0.5) is 0 Å². The molecule has 2 nitrogen and oxygen atoms in total. The van der Waals surface area contributed by atoms with Crippen molar-refractivity contribution in [3.8, 4) is 0 Å². The van der Waals surface area contributed by atoms with Crippen molar-refractivity contribution in [2.75, 3.05) is 12.3 Å². The van der Waals surface area contributed by atoms with Crippen LogP contribution in [0, 0.1) is 0 Å². The molecule has 92 valence electrons. The zero-order chi connectivity index (χ0) is 11.9. The highest BCUT2D eigenvalue weighted by Crippen LogP contribution is 2.13. The first-order valence-electron chi connectivity index (χ1n) is 5.93. The van der Waals surface area contributed by atoms with Gasteiger partial charge in [-0.15, -0.1) is 0 Å². The standard InChI is InChI=1S/C13H23NOS/c1-13(2,3)14-8-4-5-10-16-11-12-7-6-9-15-12/h6-7,9,14H,4-5,8,10-11H2,1-3H3. The summed E-state index contributed by atoms with van der Waals surface area (Å²) in [6, 6.07) is 3.98. The highest BCUT2D eigenvalue weighted by Gasteiger charge is 2.06. The first-order valence-corrected chi connectivity index (χ1v) is 7.08. The fraction of sp³-hybridized carbons (Fsp3) is 0.692. The van der Waals surface area contributed by atoms with E-state index in [0.717, 1.165) is 18.1 Å². The van der Waals surface area contributed by atoms with Crippen molar-refractivity contribution in [2.45, 2.75) is 44.9 Å². The van der Waals surface area contributed by atoms with E-state index in [4.69, 9.17) is 4.42 Å². The minimum Gasteiger partial charge on any atom is -0.468 e. The second kappa shape index (κ2) is 7.02. The van der Waals surface area contributed by atoms with Gasteiger partial charge in [0.15, 0.2) is 0 Å². The molecule has 0 unspecified atom stereocenters. The SMILES string of the molecule is CC(C)(C)NCCCCSCc1ccco1. The van der Waals surface area contributed by atoms with Gasteiger partial charge in [-0.3, -0.25) is 0 Å². The van der Waals surface area contributed by atoms with Gasteiger partial charge in [-0.05, 0) is 58.0 Å². The molecule has 0 bridgehead atoms. The third kappa shape index (κ3) is 6.96. The fourth-order valence-corrected chi connectivity index (χ4v) is 2.28. The molecule has 3 heteroatoms. The van der Waals surface area contributed by atoms with Crippen molar-refractivity contribution in [2.24, 2.45) is 0 Å². The Morgan fingerprint density at radius 2 is 2.12 bits per heavy atom. The van der Waals surface area contributed by atoms with Crippen molar-refractivity contribution in [3.63, 3.8) is 0 Å². The molecular weight excluding hydrogens is 218 g/mol. The Morgan fingerprint density at radius 1 is 1.31 bits per heavy atom. The summed E-state index contributed by atoms with van der Waals surface area (Å²) < 4.78 is 5.27. The van der Waals surface area contributed by atoms with Crippen LogP contribution in [0.2, 0.25) is 0 Å². The maximum Gasteiger partial charge on any atom is 0.113 e. The quantitative estimate of drug-likeness (QED) is 0.737. The van der Waals surface area contributed by atoms with E-state index < -0.39 is 0 Å². The monoisotopic (exact) mass is 241 g/mol. The number of hydrogen-bond acceptors (Lipinski definition) is 3. The second-order valence-electron chi connectivity index (χ2n) is 5.02. The smallest absolute Gasteiger partial charge is 0.113 e. The van der Waals surface area contributed by atoms with Gasteiger partial charge >= 0.3 is 0 Å². The number of rotatable bonds is 7. The van der Waals surface area contributed by atoms with Crippen LogP contribution < -0.4 is 5.32 Å². The molecule has 1 heterocycles. The maximum absolute atomic E-state index is 5.27. The van der Waals surface area contributed by atoms with Crippen LogP contribution in [0.15, 0.2) is 22.8 Å². The summed E-state index contributed by atoms with van der Waals surface area (Å²) in [6.07, 6.45) is 4.26. The van der Waals surface area contributed by atoms with Gasteiger partial charge in [0.05, 0.1) is 12.0 Å². The van der Waals surface area contributed by atoms with Crippen LogP contribution in [0.5, 0.6) is 0 Å². The molecular formula is C13H23NOS. The first-order chi connectivity index (χ1) is 7.58. The van der Waals surface area contributed by atoms with E-state index in [1.807, 2.05) is 23.9 Å². The zero-order valence-electron chi connectivity index (χ0n) is 10.6. The predicted octanol–water partition coefficient (Wildman–Crippen LogP) is 3.68. The van der Waals surface area contributed by atoms with Crippen LogP contribution in [0.3, 0.4) is 0 Å². The summed E-state index contributed by atoms with van der Waals surface area (Å²) >= 11 is 1.95. The summed E-state index contributed by atoms with van der Waals surface area (Å²) in [5.41, 5.74) is 0.251. The van der Waals surface area contributed by atoms with E-state index >= 15 is 0 Å².